The lowest BCUT2D eigenvalue weighted by molar-refractivity contribution is 0.197. The van der Waals surface area contributed by atoms with E-state index in [0.29, 0.717) is 6.42 Å². The molecule has 0 saturated heterocycles. The number of hydrogen-bond donors (Lipinski definition) is 2. The summed E-state index contributed by atoms with van der Waals surface area (Å²) in [5.41, 5.74) is 1.93. The molecule has 0 amide bonds. The number of aliphatic hydroxyl groups is 2. The summed E-state index contributed by atoms with van der Waals surface area (Å²) in [5, 5.41) is 18.1. The lowest BCUT2D eigenvalue weighted by atomic mass is 10.0. The van der Waals surface area contributed by atoms with Crippen LogP contribution in [-0.2, 0) is 6.42 Å². The van der Waals surface area contributed by atoms with E-state index in [1.807, 2.05) is 24.3 Å². The van der Waals surface area contributed by atoms with E-state index < -0.39 is 6.10 Å². The zero-order valence-corrected chi connectivity index (χ0v) is 7.20. The fourth-order valence-electron chi connectivity index (χ4n) is 1.29. The fourth-order valence-corrected chi connectivity index (χ4v) is 1.29. The van der Waals surface area contributed by atoms with E-state index in [-0.39, 0.29) is 6.61 Å². The molecule has 2 nitrogen and oxygen atoms in total. The van der Waals surface area contributed by atoms with E-state index >= 15 is 0 Å². The summed E-state index contributed by atoms with van der Waals surface area (Å²) >= 11 is 0. The molecule has 0 fully saturated rings. The largest absolute Gasteiger partial charge is 0.396 e. The van der Waals surface area contributed by atoms with Gasteiger partial charge in [0.2, 0.25) is 0 Å². The van der Waals surface area contributed by atoms with E-state index in [4.69, 9.17) is 5.11 Å². The molecule has 2 N–H and O–H groups in total. The fraction of sp³-hybridized carbons (Fsp3) is 0.400. The number of aliphatic hydroxyl groups excluding tert-OH is 2. The molecule has 1 aromatic rings. The maximum atomic E-state index is 9.35. The van der Waals surface area contributed by atoms with Crippen LogP contribution in [0.1, 0.15) is 24.2 Å². The van der Waals surface area contributed by atoms with Gasteiger partial charge in [0, 0.05) is 6.61 Å². The van der Waals surface area contributed by atoms with Gasteiger partial charge < -0.3 is 10.2 Å². The summed E-state index contributed by atoms with van der Waals surface area (Å²) in [4.78, 5) is 0. The van der Waals surface area contributed by atoms with Crippen LogP contribution in [0, 0.1) is 0 Å². The normalized spacial score (nSPS) is 12.9. The predicted octanol–water partition coefficient (Wildman–Crippen LogP) is 1.27. The van der Waals surface area contributed by atoms with Crippen molar-refractivity contribution in [2.75, 3.05) is 6.61 Å². The summed E-state index contributed by atoms with van der Waals surface area (Å²) in [7, 11) is 0. The zero-order chi connectivity index (χ0) is 8.97. The Bertz CT molecular complexity index is 243. The van der Waals surface area contributed by atoms with E-state index in [1.165, 1.54) is 0 Å². The summed E-state index contributed by atoms with van der Waals surface area (Å²) in [6, 6.07) is 7.62. The van der Waals surface area contributed by atoms with Crippen LogP contribution in [0.2, 0.25) is 0 Å². The second kappa shape index (κ2) is 4.24. The Labute approximate surface area is 72.5 Å². The minimum absolute atomic E-state index is 0.129. The zero-order valence-electron chi connectivity index (χ0n) is 7.20. The molecule has 0 saturated carbocycles. The van der Waals surface area contributed by atoms with Crippen LogP contribution in [0.15, 0.2) is 24.3 Å². The van der Waals surface area contributed by atoms with E-state index in [9.17, 15) is 5.11 Å². The molecular weight excluding hydrogens is 152 g/mol. The van der Waals surface area contributed by atoms with Gasteiger partial charge in [0.25, 0.3) is 0 Å². The van der Waals surface area contributed by atoms with E-state index in [0.717, 1.165) is 11.1 Å². The Balaban J connectivity index is 2.92. The van der Waals surface area contributed by atoms with Gasteiger partial charge in [-0.1, -0.05) is 24.3 Å². The topological polar surface area (TPSA) is 40.5 Å². The van der Waals surface area contributed by atoms with Crippen molar-refractivity contribution in [1.82, 2.24) is 0 Å². The van der Waals surface area contributed by atoms with Crippen molar-refractivity contribution in [1.29, 1.82) is 0 Å². The minimum atomic E-state index is -0.451. The SMILES string of the molecule is CC(O)c1ccccc1CCO. The minimum Gasteiger partial charge on any atom is -0.396 e. The Morgan fingerprint density at radius 1 is 1.33 bits per heavy atom. The van der Waals surface area contributed by atoms with Crippen molar-refractivity contribution in [3.63, 3.8) is 0 Å². The molecule has 12 heavy (non-hydrogen) atoms. The molecule has 1 rings (SSSR count). The molecule has 0 radical (unpaired) electrons. The Morgan fingerprint density at radius 3 is 2.58 bits per heavy atom. The van der Waals surface area contributed by atoms with Gasteiger partial charge in [0.1, 0.15) is 0 Å². The lowest BCUT2D eigenvalue weighted by Gasteiger charge is -2.09. The van der Waals surface area contributed by atoms with Crippen molar-refractivity contribution in [3.05, 3.63) is 35.4 Å². The highest BCUT2D eigenvalue weighted by molar-refractivity contribution is 5.28. The van der Waals surface area contributed by atoms with Gasteiger partial charge in [-0.05, 0) is 24.5 Å². The van der Waals surface area contributed by atoms with Crippen LogP contribution in [-0.4, -0.2) is 16.8 Å². The molecule has 1 aromatic carbocycles. The predicted molar refractivity (Wildman–Crippen MR) is 47.9 cm³/mol. The van der Waals surface area contributed by atoms with Crippen molar-refractivity contribution < 1.29 is 10.2 Å². The molecule has 0 spiro atoms. The van der Waals surface area contributed by atoms with E-state index in [1.54, 1.807) is 6.92 Å². The summed E-state index contributed by atoms with van der Waals surface area (Å²) in [6.07, 6.45) is 0.161. The van der Waals surface area contributed by atoms with Crippen LogP contribution < -0.4 is 0 Å². The highest BCUT2D eigenvalue weighted by Crippen LogP contribution is 2.17. The monoisotopic (exact) mass is 166 g/mol. The highest BCUT2D eigenvalue weighted by Gasteiger charge is 2.05. The second-order valence-electron chi connectivity index (χ2n) is 2.85. The van der Waals surface area contributed by atoms with Gasteiger partial charge in [-0.15, -0.1) is 0 Å². The summed E-state index contributed by atoms with van der Waals surface area (Å²) in [5.74, 6) is 0. The molecule has 0 aliphatic heterocycles. The standard InChI is InChI=1S/C10H14O2/c1-8(12)10-5-3-2-4-9(10)6-7-11/h2-5,8,11-12H,6-7H2,1H3. The average molecular weight is 166 g/mol. The van der Waals surface area contributed by atoms with Gasteiger partial charge >= 0.3 is 0 Å². The van der Waals surface area contributed by atoms with Crippen molar-refractivity contribution >= 4 is 0 Å². The molecule has 1 unspecified atom stereocenters. The Kier molecular flexibility index (Phi) is 3.26. The molecule has 0 aliphatic carbocycles. The number of benzene rings is 1. The van der Waals surface area contributed by atoms with Crippen LogP contribution >= 0.6 is 0 Å². The molecule has 0 aliphatic rings. The maximum Gasteiger partial charge on any atom is 0.0764 e. The molecular formula is C10H14O2. The Morgan fingerprint density at radius 2 is 2.00 bits per heavy atom. The second-order valence-corrected chi connectivity index (χ2v) is 2.85. The molecule has 0 heterocycles. The maximum absolute atomic E-state index is 9.35. The number of hydrogen-bond acceptors (Lipinski definition) is 2. The first-order valence-electron chi connectivity index (χ1n) is 4.12. The summed E-state index contributed by atoms with van der Waals surface area (Å²) < 4.78 is 0. The smallest absolute Gasteiger partial charge is 0.0764 e. The summed E-state index contributed by atoms with van der Waals surface area (Å²) in [6.45, 7) is 1.86. The third-order valence-electron chi connectivity index (χ3n) is 1.89. The van der Waals surface area contributed by atoms with Crippen LogP contribution in [0.3, 0.4) is 0 Å². The van der Waals surface area contributed by atoms with Gasteiger partial charge in [-0.25, -0.2) is 0 Å². The first-order chi connectivity index (χ1) is 5.75. The van der Waals surface area contributed by atoms with Gasteiger partial charge in [-0.2, -0.15) is 0 Å². The van der Waals surface area contributed by atoms with Crippen molar-refractivity contribution in [3.8, 4) is 0 Å². The first-order valence-corrected chi connectivity index (χ1v) is 4.12. The lowest BCUT2D eigenvalue weighted by Crippen LogP contribution is -2.00. The van der Waals surface area contributed by atoms with Gasteiger partial charge in [-0.3, -0.25) is 0 Å². The van der Waals surface area contributed by atoms with Crippen LogP contribution in [0.4, 0.5) is 0 Å². The van der Waals surface area contributed by atoms with Crippen molar-refractivity contribution in [2.24, 2.45) is 0 Å². The third-order valence-corrected chi connectivity index (χ3v) is 1.89. The van der Waals surface area contributed by atoms with Crippen LogP contribution in [0.25, 0.3) is 0 Å². The molecule has 0 aromatic heterocycles. The third kappa shape index (κ3) is 2.06. The van der Waals surface area contributed by atoms with E-state index in [2.05, 4.69) is 0 Å². The molecule has 1 atom stereocenters. The first kappa shape index (κ1) is 9.23. The average Bonchev–Trinajstić information content (AvgIpc) is 2.05. The number of rotatable bonds is 3. The Hall–Kier alpha value is -0.860. The van der Waals surface area contributed by atoms with Gasteiger partial charge in [0.05, 0.1) is 6.10 Å². The quantitative estimate of drug-likeness (QED) is 0.710. The van der Waals surface area contributed by atoms with Crippen LogP contribution in [0.5, 0.6) is 0 Å². The molecule has 2 heteroatoms. The molecule has 0 bridgehead atoms. The highest BCUT2D eigenvalue weighted by atomic mass is 16.3. The molecule has 66 valence electrons. The van der Waals surface area contributed by atoms with Gasteiger partial charge in [0.15, 0.2) is 0 Å². The van der Waals surface area contributed by atoms with Crippen molar-refractivity contribution in [2.45, 2.75) is 19.4 Å².